The van der Waals surface area contributed by atoms with Crippen LogP contribution in [-0.2, 0) is 14.3 Å². The van der Waals surface area contributed by atoms with Gasteiger partial charge in [-0.05, 0) is 19.8 Å². The van der Waals surface area contributed by atoms with Gasteiger partial charge in [-0.25, -0.2) is 14.6 Å². The van der Waals surface area contributed by atoms with E-state index in [0.29, 0.717) is 4.88 Å². The fraction of sp³-hybridized carbons (Fsp3) is 0.364. The Balaban J connectivity index is 2.82. The van der Waals surface area contributed by atoms with Gasteiger partial charge < -0.3 is 9.47 Å². The quantitative estimate of drug-likeness (QED) is 0.599. The first kappa shape index (κ1) is 13.2. The number of ether oxygens (including phenoxy) is 2. The van der Waals surface area contributed by atoms with E-state index < -0.39 is 11.9 Å². The summed E-state index contributed by atoms with van der Waals surface area (Å²) in [6.45, 7) is 3.92. The second-order valence-electron chi connectivity index (χ2n) is 2.72. The highest BCUT2D eigenvalue weighted by atomic mass is 32.1. The lowest BCUT2D eigenvalue weighted by Gasteiger charge is -1.97. The first-order valence-electron chi connectivity index (χ1n) is 4.98. The van der Waals surface area contributed by atoms with Crippen LogP contribution >= 0.6 is 11.3 Å². The molecular formula is C11H11NO4S. The summed E-state index contributed by atoms with van der Waals surface area (Å²) in [6, 6.07) is 0. The lowest BCUT2D eigenvalue weighted by molar-refractivity contribution is -0.136. The summed E-state index contributed by atoms with van der Waals surface area (Å²) < 4.78 is 9.45. The molecule has 0 aliphatic heterocycles. The van der Waals surface area contributed by atoms with E-state index in [1.54, 1.807) is 13.8 Å². The molecular weight excluding hydrogens is 242 g/mol. The van der Waals surface area contributed by atoms with Crippen molar-refractivity contribution >= 4 is 23.3 Å². The van der Waals surface area contributed by atoms with E-state index in [9.17, 15) is 9.59 Å². The molecule has 0 N–H and O–H groups in total. The molecule has 1 heterocycles. The predicted molar refractivity (Wildman–Crippen MR) is 61.6 cm³/mol. The van der Waals surface area contributed by atoms with Crippen molar-refractivity contribution in [2.45, 2.75) is 13.8 Å². The largest absolute Gasteiger partial charge is 0.461 e. The van der Waals surface area contributed by atoms with Crippen molar-refractivity contribution in [3.05, 3.63) is 16.1 Å². The van der Waals surface area contributed by atoms with E-state index in [-0.39, 0.29) is 18.9 Å². The van der Waals surface area contributed by atoms with E-state index in [1.807, 2.05) is 0 Å². The Kier molecular flexibility index (Phi) is 5.17. The van der Waals surface area contributed by atoms with Crippen molar-refractivity contribution in [1.82, 2.24) is 4.98 Å². The van der Waals surface area contributed by atoms with Gasteiger partial charge in [0.25, 0.3) is 0 Å². The number of rotatable bonds is 3. The Labute approximate surface area is 103 Å². The van der Waals surface area contributed by atoms with Crippen LogP contribution in [0.15, 0.2) is 5.51 Å². The topological polar surface area (TPSA) is 65.5 Å². The Bertz CT molecular complexity index is 469. The molecule has 0 unspecified atom stereocenters. The zero-order chi connectivity index (χ0) is 12.7. The van der Waals surface area contributed by atoms with Crippen molar-refractivity contribution in [1.29, 1.82) is 0 Å². The minimum Gasteiger partial charge on any atom is -0.461 e. The van der Waals surface area contributed by atoms with Gasteiger partial charge in [-0.3, -0.25) is 0 Å². The number of hydrogen-bond acceptors (Lipinski definition) is 6. The van der Waals surface area contributed by atoms with Gasteiger partial charge in [-0.15, -0.1) is 11.3 Å². The first-order chi connectivity index (χ1) is 8.19. The molecule has 17 heavy (non-hydrogen) atoms. The van der Waals surface area contributed by atoms with Crippen molar-refractivity contribution in [3.8, 4) is 11.8 Å². The van der Waals surface area contributed by atoms with Crippen molar-refractivity contribution in [2.75, 3.05) is 13.2 Å². The monoisotopic (exact) mass is 253 g/mol. The third kappa shape index (κ3) is 3.89. The van der Waals surface area contributed by atoms with Gasteiger partial charge >= 0.3 is 11.9 Å². The normalized spacial score (nSPS) is 9.06. The van der Waals surface area contributed by atoms with Crippen molar-refractivity contribution in [3.63, 3.8) is 0 Å². The van der Waals surface area contributed by atoms with Crippen LogP contribution in [-0.4, -0.2) is 30.1 Å². The summed E-state index contributed by atoms with van der Waals surface area (Å²) >= 11 is 1.17. The molecule has 0 saturated heterocycles. The van der Waals surface area contributed by atoms with Crippen LogP contribution in [0.3, 0.4) is 0 Å². The number of thiazole rings is 1. The highest BCUT2D eigenvalue weighted by Gasteiger charge is 2.14. The lowest BCUT2D eigenvalue weighted by atomic mass is 10.3. The fourth-order valence-electron chi connectivity index (χ4n) is 0.955. The molecule has 6 heteroatoms. The van der Waals surface area contributed by atoms with Gasteiger partial charge in [0.1, 0.15) is 4.88 Å². The SMILES string of the molecule is CCOC(=O)C#Cc1scnc1C(=O)OCC. The number of aromatic nitrogens is 1. The van der Waals surface area contributed by atoms with Crippen LogP contribution in [0.25, 0.3) is 0 Å². The fourth-order valence-corrected chi connectivity index (χ4v) is 1.58. The molecule has 0 atom stereocenters. The maximum atomic E-state index is 11.4. The van der Waals surface area contributed by atoms with Crippen LogP contribution in [0.1, 0.15) is 29.2 Å². The molecule has 0 amide bonds. The van der Waals surface area contributed by atoms with E-state index >= 15 is 0 Å². The number of carbonyl (C=O) groups is 2. The molecule has 0 bridgehead atoms. The maximum absolute atomic E-state index is 11.4. The molecule has 0 fully saturated rings. The first-order valence-corrected chi connectivity index (χ1v) is 5.86. The molecule has 0 spiro atoms. The number of carbonyl (C=O) groups excluding carboxylic acids is 2. The average molecular weight is 253 g/mol. The van der Waals surface area contributed by atoms with Gasteiger partial charge in [0.05, 0.1) is 18.7 Å². The van der Waals surface area contributed by atoms with Crippen LogP contribution in [0.5, 0.6) is 0 Å². The Hall–Kier alpha value is -1.87. The third-order valence-corrected chi connectivity index (χ3v) is 2.33. The van der Waals surface area contributed by atoms with Crippen molar-refractivity contribution < 1.29 is 19.1 Å². The molecule has 1 aromatic rings. The zero-order valence-electron chi connectivity index (χ0n) is 9.48. The molecule has 1 rings (SSSR count). The smallest absolute Gasteiger partial charge is 0.384 e. The lowest BCUT2D eigenvalue weighted by Crippen LogP contribution is -2.06. The summed E-state index contributed by atoms with van der Waals surface area (Å²) in [5, 5.41) is 0. The number of nitrogens with zero attached hydrogens (tertiary/aromatic N) is 1. The Morgan fingerprint density at radius 3 is 2.71 bits per heavy atom. The van der Waals surface area contributed by atoms with E-state index in [0.717, 1.165) is 0 Å². The summed E-state index contributed by atoms with van der Waals surface area (Å²) in [5.74, 6) is 3.65. The zero-order valence-corrected chi connectivity index (χ0v) is 10.3. The molecule has 0 saturated carbocycles. The molecule has 90 valence electrons. The summed E-state index contributed by atoms with van der Waals surface area (Å²) in [4.78, 5) is 26.7. The molecule has 0 aliphatic rings. The van der Waals surface area contributed by atoms with Crippen LogP contribution in [0.2, 0.25) is 0 Å². The number of hydrogen-bond donors (Lipinski definition) is 0. The minimum absolute atomic E-state index is 0.133. The predicted octanol–water partition coefficient (Wildman–Crippen LogP) is 1.23. The highest BCUT2D eigenvalue weighted by molar-refractivity contribution is 7.10. The van der Waals surface area contributed by atoms with Crippen molar-refractivity contribution in [2.24, 2.45) is 0 Å². The molecule has 5 nitrogen and oxygen atoms in total. The van der Waals surface area contributed by atoms with E-state index in [1.165, 1.54) is 16.8 Å². The maximum Gasteiger partial charge on any atom is 0.384 e. The third-order valence-electron chi connectivity index (χ3n) is 1.59. The van der Waals surface area contributed by atoms with E-state index in [4.69, 9.17) is 4.74 Å². The van der Waals surface area contributed by atoms with Gasteiger partial charge in [0, 0.05) is 5.92 Å². The van der Waals surface area contributed by atoms with Gasteiger partial charge in [-0.2, -0.15) is 0 Å². The summed E-state index contributed by atoms with van der Waals surface area (Å²) in [6.07, 6.45) is 0. The summed E-state index contributed by atoms with van der Waals surface area (Å²) in [5.41, 5.74) is 1.61. The molecule has 0 aromatic carbocycles. The second-order valence-corrected chi connectivity index (χ2v) is 3.58. The van der Waals surface area contributed by atoms with Crippen LogP contribution in [0.4, 0.5) is 0 Å². The Morgan fingerprint density at radius 1 is 1.35 bits per heavy atom. The van der Waals surface area contributed by atoms with Gasteiger partial charge in [0.15, 0.2) is 5.69 Å². The van der Waals surface area contributed by atoms with Gasteiger partial charge in [-0.1, -0.05) is 0 Å². The molecule has 0 radical (unpaired) electrons. The van der Waals surface area contributed by atoms with Crippen LogP contribution in [0, 0.1) is 11.8 Å². The molecule has 1 aromatic heterocycles. The van der Waals surface area contributed by atoms with E-state index in [2.05, 4.69) is 21.6 Å². The standard InChI is InChI=1S/C11H11NO4S/c1-3-15-9(13)6-5-8-10(12-7-17-8)11(14)16-4-2/h7H,3-4H2,1-2H3. The molecule has 0 aliphatic carbocycles. The number of esters is 2. The summed E-state index contributed by atoms with van der Waals surface area (Å²) in [7, 11) is 0. The van der Waals surface area contributed by atoms with Crippen LogP contribution < -0.4 is 0 Å². The Morgan fingerprint density at radius 2 is 2.06 bits per heavy atom. The second kappa shape index (κ2) is 6.66. The minimum atomic E-state index is -0.629. The highest BCUT2D eigenvalue weighted by Crippen LogP contribution is 2.12. The average Bonchev–Trinajstić information content (AvgIpc) is 2.75. The van der Waals surface area contributed by atoms with Gasteiger partial charge in [0.2, 0.25) is 0 Å².